The third-order valence-electron chi connectivity index (χ3n) is 6.46. The lowest BCUT2D eigenvalue weighted by atomic mass is 9.93. The van der Waals surface area contributed by atoms with Gasteiger partial charge in [0.2, 0.25) is 0 Å². The van der Waals surface area contributed by atoms with Gasteiger partial charge < -0.3 is 15.0 Å². The molecule has 0 spiro atoms. The fourth-order valence-corrected chi connectivity index (χ4v) is 4.61. The number of hydrogen-bond acceptors (Lipinski definition) is 5. The Labute approximate surface area is 208 Å². The summed E-state index contributed by atoms with van der Waals surface area (Å²) in [5.74, 6) is 0.952. The number of hydrogen-bond donors (Lipinski definition) is 1. The highest BCUT2D eigenvalue weighted by molar-refractivity contribution is 6.13. The molecule has 1 unspecified atom stereocenters. The van der Waals surface area contributed by atoms with Gasteiger partial charge in [-0.2, -0.15) is 0 Å². The van der Waals surface area contributed by atoms with Gasteiger partial charge in [0.25, 0.3) is 5.91 Å². The van der Waals surface area contributed by atoms with Crippen LogP contribution in [-0.4, -0.2) is 29.3 Å². The van der Waals surface area contributed by atoms with Crippen molar-refractivity contribution in [2.45, 2.75) is 13.0 Å². The number of rotatable bonds is 4. The number of para-hydroxylation sites is 1. The number of carbonyl (C=O) groups excluding carboxylic acids is 2. The van der Waals surface area contributed by atoms with Crippen molar-refractivity contribution in [1.29, 1.82) is 0 Å². The van der Waals surface area contributed by atoms with E-state index < -0.39 is 6.10 Å². The summed E-state index contributed by atoms with van der Waals surface area (Å²) in [5, 5.41) is 5.14. The molecule has 0 fully saturated rings. The van der Waals surface area contributed by atoms with Crippen LogP contribution in [-0.2, 0) is 0 Å². The maximum absolute atomic E-state index is 13.2. The van der Waals surface area contributed by atoms with Crippen molar-refractivity contribution in [1.82, 2.24) is 10.3 Å². The lowest BCUT2D eigenvalue weighted by molar-refractivity contribution is 0.0951. The molecule has 0 radical (unpaired) electrons. The molecule has 3 heterocycles. The Hall–Kier alpha value is -4.71. The van der Waals surface area contributed by atoms with Crippen molar-refractivity contribution in [3.05, 3.63) is 125 Å². The molecule has 6 heteroatoms. The monoisotopic (exact) mass is 473 g/mol. The minimum Gasteiger partial charge on any atom is -0.481 e. The Morgan fingerprint density at radius 1 is 1.00 bits per heavy atom. The van der Waals surface area contributed by atoms with E-state index >= 15 is 0 Å². The lowest BCUT2D eigenvalue weighted by Crippen LogP contribution is -2.39. The van der Waals surface area contributed by atoms with E-state index in [4.69, 9.17) is 4.74 Å². The van der Waals surface area contributed by atoms with Crippen LogP contribution >= 0.6 is 0 Å². The highest BCUT2D eigenvalue weighted by Crippen LogP contribution is 2.35. The number of ketones is 1. The third kappa shape index (κ3) is 3.92. The molecule has 176 valence electrons. The Morgan fingerprint density at radius 3 is 2.69 bits per heavy atom. The van der Waals surface area contributed by atoms with E-state index in [-0.39, 0.29) is 18.2 Å². The van der Waals surface area contributed by atoms with Gasteiger partial charge in [-0.25, -0.2) is 4.98 Å². The number of nitrogens with one attached hydrogen (secondary N) is 1. The van der Waals surface area contributed by atoms with Crippen LogP contribution in [0.5, 0.6) is 5.75 Å². The lowest BCUT2D eigenvalue weighted by Gasteiger charge is -2.34. The molecule has 1 amide bonds. The largest absolute Gasteiger partial charge is 0.481 e. The molecule has 36 heavy (non-hydrogen) atoms. The minimum atomic E-state index is -0.539. The molecular formula is C30H23N3O3. The van der Waals surface area contributed by atoms with E-state index in [2.05, 4.69) is 28.5 Å². The van der Waals surface area contributed by atoms with Crippen LogP contribution in [0.25, 0.3) is 10.8 Å². The highest BCUT2D eigenvalue weighted by atomic mass is 16.5. The highest BCUT2D eigenvalue weighted by Gasteiger charge is 2.35. The van der Waals surface area contributed by atoms with E-state index in [9.17, 15) is 9.59 Å². The molecule has 1 N–H and O–H groups in total. The molecule has 4 aromatic rings. The standard InChI is InChI=1S/C30H23N3O3/c1-19-9-10-20-11-12-21(15-22(20)14-19)30(35)32-17-23-16-27-25(18-33(23)28-8-4-5-13-31-28)29(34)24-6-2-3-7-26(24)36-27/h2-16,18,27H,17H2,1H3,(H,32,35). The van der Waals surface area contributed by atoms with Crippen LogP contribution < -0.4 is 15.0 Å². The van der Waals surface area contributed by atoms with Crippen molar-refractivity contribution in [2.24, 2.45) is 0 Å². The number of carbonyl (C=O) groups is 2. The molecule has 1 atom stereocenters. The van der Waals surface area contributed by atoms with E-state index in [1.54, 1.807) is 24.5 Å². The number of aromatic nitrogens is 1. The second kappa shape index (κ2) is 8.82. The predicted octanol–water partition coefficient (Wildman–Crippen LogP) is 5.20. The summed E-state index contributed by atoms with van der Waals surface area (Å²) in [6.45, 7) is 2.27. The number of pyridine rings is 1. The SMILES string of the molecule is Cc1ccc2ccc(C(=O)NCC3=CC4Oc5ccccc5C(=O)C4=CN3c3ccccn3)cc2c1. The maximum Gasteiger partial charge on any atom is 0.251 e. The van der Waals surface area contributed by atoms with E-state index in [0.29, 0.717) is 28.3 Å². The van der Waals surface area contributed by atoms with Crippen molar-refractivity contribution >= 4 is 28.3 Å². The summed E-state index contributed by atoms with van der Waals surface area (Å²) in [4.78, 5) is 32.6. The first kappa shape index (κ1) is 21.8. The average Bonchev–Trinajstić information content (AvgIpc) is 2.91. The first-order valence-corrected chi connectivity index (χ1v) is 11.8. The molecule has 2 aliphatic rings. The number of Topliss-reactive ketones (excluding diaryl/α,β-unsaturated/α-hetero) is 1. The topological polar surface area (TPSA) is 71.5 Å². The van der Waals surface area contributed by atoms with Crippen LogP contribution in [0.15, 0.2) is 109 Å². The van der Waals surface area contributed by atoms with Gasteiger partial charge in [-0.15, -0.1) is 0 Å². The molecule has 0 saturated carbocycles. The second-order valence-corrected chi connectivity index (χ2v) is 8.91. The van der Waals surface area contributed by atoms with Crippen molar-refractivity contribution in [3.63, 3.8) is 0 Å². The van der Waals surface area contributed by atoms with Gasteiger partial charge in [0.1, 0.15) is 17.7 Å². The smallest absolute Gasteiger partial charge is 0.251 e. The summed E-state index contributed by atoms with van der Waals surface area (Å²) in [5.41, 5.74) is 3.56. The number of fused-ring (bicyclic) bond motifs is 3. The van der Waals surface area contributed by atoms with Gasteiger partial charge in [-0.3, -0.25) is 9.59 Å². The van der Waals surface area contributed by atoms with Crippen molar-refractivity contribution in [3.8, 4) is 5.75 Å². The normalized spacial score (nSPS) is 16.4. The fraction of sp³-hybridized carbons (Fsp3) is 0.100. The van der Waals surface area contributed by atoms with E-state index in [0.717, 1.165) is 22.0 Å². The minimum absolute atomic E-state index is 0.0754. The summed E-state index contributed by atoms with van der Waals surface area (Å²) >= 11 is 0. The Kier molecular flexibility index (Phi) is 5.34. The quantitative estimate of drug-likeness (QED) is 0.441. The predicted molar refractivity (Wildman–Crippen MR) is 139 cm³/mol. The zero-order chi connectivity index (χ0) is 24.6. The molecule has 6 rings (SSSR count). The van der Waals surface area contributed by atoms with Gasteiger partial charge in [0, 0.05) is 23.7 Å². The molecule has 1 aromatic heterocycles. The molecule has 0 saturated heterocycles. The molecule has 2 aliphatic heterocycles. The summed E-state index contributed by atoms with van der Waals surface area (Å²) in [6, 6.07) is 24.7. The van der Waals surface area contributed by atoms with Crippen molar-refractivity contribution < 1.29 is 14.3 Å². The second-order valence-electron chi connectivity index (χ2n) is 8.91. The summed E-state index contributed by atoms with van der Waals surface area (Å²) in [7, 11) is 0. The van der Waals surface area contributed by atoms with E-state index in [1.807, 2.05) is 66.4 Å². The zero-order valence-electron chi connectivity index (χ0n) is 19.6. The third-order valence-corrected chi connectivity index (χ3v) is 6.46. The van der Waals surface area contributed by atoms with Gasteiger partial charge in [0.15, 0.2) is 5.78 Å². The van der Waals surface area contributed by atoms with E-state index in [1.165, 1.54) is 0 Å². The van der Waals surface area contributed by atoms with Gasteiger partial charge in [0.05, 0.1) is 17.7 Å². The number of aryl methyl sites for hydroxylation is 1. The molecule has 0 aliphatic carbocycles. The van der Waals surface area contributed by atoms with Crippen LogP contribution in [0.1, 0.15) is 26.3 Å². The fourth-order valence-electron chi connectivity index (χ4n) is 4.61. The number of amides is 1. The Morgan fingerprint density at radius 2 is 1.83 bits per heavy atom. The molecule has 6 nitrogen and oxygen atoms in total. The molecule has 0 bridgehead atoms. The first-order valence-electron chi connectivity index (χ1n) is 11.8. The van der Waals surface area contributed by atoms with Gasteiger partial charge in [-0.1, -0.05) is 48.0 Å². The van der Waals surface area contributed by atoms with Gasteiger partial charge in [-0.05, 0) is 60.2 Å². The van der Waals surface area contributed by atoms with Gasteiger partial charge >= 0.3 is 0 Å². The van der Waals surface area contributed by atoms with Crippen LogP contribution in [0, 0.1) is 6.92 Å². The molecule has 3 aromatic carbocycles. The maximum atomic E-state index is 13.2. The Balaban J connectivity index is 1.30. The van der Waals surface area contributed by atoms with Crippen LogP contribution in [0.2, 0.25) is 0 Å². The van der Waals surface area contributed by atoms with Crippen LogP contribution in [0.4, 0.5) is 5.82 Å². The summed E-state index contributed by atoms with van der Waals surface area (Å²) < 4.78 is 6.15. The zero-order valence-corrected chi connectivity index (χ0v) is 19.6. The number of anilines is 1. The number of benzene rings is 3. The molecular weight excluding hydrogens is 450 g/mol. The Bertz CT molecular complexity index is 1570. The average molecular weight is 474 g/mol. The number of nitrogens with zero attached hydrogens (tertiary/aromatic N) is 2. The number of ether oxygens (including phenoxy) is 1. The first-order chi connectivity index (χ1) is 17.6. The summed E-state index contributed by atoms with van der Waals surface area (Å²) in [6.07, 6.45) is 4.80. The van der Waals surface area contributed by atoms with Crippen LogP contribution in [0.3, 0.4) is 0 Å². The van der Waals surface area contributed by atoms with Crippen molar-refractivity contribution in [2.75, 3.05) is 11.4 Å².